The zero-order chi connectivity index (χ0) is 26.4. The van der Waals surface area contributed by atoms with Gasteiger partial charge < -0.3 is 15.2 Å². The second kappa shape index (κ2) is 11.9. The fraction of sp³-hybridized carbons (Fsp3) is 0.357. The third-order valence-corrected chi connectivity index (χ3v) is 6.85. The molecule has 4 aromatic rings. The molecule has 6 nitrogen and oxygen atoms in total. The van der Waals surface area contributed by atoms with Gasteiger partial charge in [-0.15, -0.1) is 0 Å². The summed E-state index contributed by atoms with van der Waals surface area (Å²) in [6.07, 6.45) is 3.89. The summed E-state index contributed by atoms with van der Waals surface area (Å²) in [6, 6.07) is 14.4. The van der Waals surface area contributed by atoms with Crippen LogP contribution in [0.1, 0.15) is 35.6 Å². The number of pyridine rings is 2. The number of alkyl halides is 2. The highest BCUT2D eigenvalue weighted by atomic mass is 31.1. The Morgan fingerprint density at radius 1 is 1.00 bits per heavy atom. The molecule has 37 heavy (non-hydrogen) atoms. The summed E-state index contributed by atoms with van der Waals surface area (Å²) in [6.45, 7) is 4.40. The van der Waals surface area contributed by atoms with Crippen molar-refractivity contribution in [1.29, 1.82) is 0 Å². The molecular formula is C28H30F2N3O3P. The molecule has 0 aliphatic rings. The van der Waals surface area contributed by atoms with Gasteiger partial charge >= 0.3 is 5.66 Å². The summed E-state index contributed by atoms with van der Waals surface area (Å²) in [5.41, 5.74) is 9.23. The number of aryl methyl sites for hydroxylation is 4. The summed E-state index contributed by atoms with van der Waals surface area (Å²) < 4.78 is 46.9. The third-order valence-electron chi connectivity index (χ3n) is 6.36. The quantitative estimate of drug-likeness (QED) is 0.126. The maximum absolute atomic E-state index is 12.9. The normalized spacial score (nSPS) is 12.0. The number of ether oxygens (including phenoxy) is 2. The summed E-state index contributed by atoms with van der Waals surface area (Å²) >= 11 is 0. The molecular weight excluding hydrogens is 495 g/mol. The number of nitrogens with two attached hydrogens (primary N) is 1. The zero-order valence-corrected chi connectivity index (χ0v) is 21.9. The Balaban J connectivity index is 1.36. The fourth-order valence-corrected chi connectivity index (χ4v) is 4.42. The summed E-state index contributed by atoms with van der Waals surface area (Å²) in [4.78, 5) is 9.18. The van der Waals surface area contributed by atoms with Crippen molar-refractivity contribution in [2.75, 3.05) is 25.6 Å². The van der Waals surface area contributed by atoms with E-state index in [4.69, 9.17) is 15.2 Å². The van der Waals surface area contributed by atoms with E-state index in [0.29, 0.717) is 11.6 Å². The molecule has 194 valence electrons. The Kier molecular flexibility index (Phi) is 8.62. The zero-order valence-electron chi connectivity index (χ0n) is 21.0. The van der Waals surface area contributed by atoms with Gasteiger partial charge in [0, 0.05) is 23.4 Å². The van der Waals surface area contributed by atoms with Crippen LogP contribution in [0.4, 0.5) is 14.6 Å². The first kappa shape index (κ1) is 26.8. The second-order valence-corrected chi connectivity index (χ2v) is 9.83. The van der Waals surface area contributed by atoms with Crippen LogP contribution in [0.25, 0.3) is 21.8 Å². The van der Waals surface area contributed by atoms with Crippen LogP contribution < -0.4 is 10.5 Å². The molecule has 0 fully saturated rings. The van der Waals surface area contributed by atoms with Crippen LogP contribution in [0.5, 0.6) is 5.75 Å². The van der Waals surface area contributed by atoms with Gasteiger partial charge in [0.05, 0.1) is 18.7 Å². The van der Waals surface area contributed by atoms with E-state index in [1.807, 2.05) is 31.3 Å². The van der Waals surface area contributed by atoms with Crippen LogP contribution in [-0.4, -0.2) is 35.5 Å². The Hall–Kier alpha value is -3.22. The Morgan fingerprint density at radius 3 is 2.59 bits per heavy atom. The van der Waals surface area contributed by atoms with Gasteiger partial charge in [0.15, 0.2) is 5.82 Å². The predicted molar refractivity (Wildman–Crippen MR) is 143 cm³/mol. The molecule has 4 rings (SSSR count). The minimum Gasteiger partial charge on any atom is -0.491 e. The van der Waals surface area contributed by atoms with Crippen molar-refractivity contribution < 1.29 is 22.8 Å². The topological polar surface area (TPSA) is 87.3 Å². The van der Waals surface area contributed by atoms with Crippen molar-refractivity contribution in [3.63, 3.8) is 0 Å². The van der Waals surface area contributed by atoms with Gasteiger partial charge in [0.1, 0.15) is 17.9 Å². The molecule has 0 saturated heterocycles. The first-order valence-corrected chi connectivity index (χ1v) is 13.1. The van der Waals surface area contributed by atoms with Gasteiger partial charge in [0.25, 0.3) is 0 Å². The monoisotopic (exact) mass is 525 g/mol. The number of halogens is 2. The first-order chi connectivity index (χ1) is 17.8. The number of hydrogen-bond acceptors (Lipinski definition) is 6. The van der Waals surface area contributed by atoms with Gasteiger partial charge in [0.2, 0.25) is 8.46 Å². The minimum atomic E-state index is -3.24. The van der Waals surface area contributed by atoms with Gasteiger partial charge in [-0.25, -0.2) is 4.98 Å². The number of hydrogen-bond donors (Lipinski definition) is 1. The van der Waals surface area contributed by atoms with Crippen molar-refractivity contribution in [1.82, 2.24) is 9.97 Å². The van der Waals surface area contributed by atoms with E-state index in [9.17, 15) is 13.3 Å². The van der Waals surface area contributed by atoms with Gasteiger partial charge in [-0.2, -0.15) is 8.78 Å². The van der Waals surface area contributed by atoms with E-state index in [1.54, 1.807) is 0 Å². The smallest absolute Gasteiger partial charge is 0.327 e. The Morgan fingerprint density at radius 2 is 1.84 bits per heavy atom. The lowest BCUT2D eigenvalue weighted by molar-refractivity contribution is 0.0303. The van der Waals surface area contributed by atoms with Gasteiger partial charge in [-0.3, -0.25) is 9.55 Å². The Labute approximate surface area is 216 Å². The lowest BCUT2D eigenvalue weighted by Gasteiger charge is -2.12. The predicted octanol–water partition coefficient (Wildman–Crippen LogP) is 6.69. The van der Waals surface area contributed by atoms with Crippen molar-refractivity contribution in [3.8, 4) is 5.75 Å². The van der Waals surface area contributed by atoms with E-state index in [2.05, 4.69) is 41.2 Å². The fourth-order valence-electron chi connectivity index (χ4n) is 4.23. The number of anilines is 1. The van der Waals surface area contributed by atoms with Crippen LogP contribution in [0.2, 0.25) is 0 Å². The molecule has 0 spiro atoms. The molecule has 0 aliphatic heterocycles. The van der Waals surface area contributed by atoms with Crippen molar-refractivity contribution in [2.45, 2.75) is 45.2 Å². The lowest BCUT2D eigenvalue weighted by atomic mass is 9.99. The van der Waals surface area contributed by atoms with Gasteiger partial charge in [-0.1, -0.05) is 25.1 Å². The van der Waals surface area contributed by atoms with Crippen LogP contribution in [0.3, 0.4) is 0 Å². The summed E-state index contributed by atoms with van der Waals surface area (Å²) in [5.74, 6) is 1.14. The molecule has 0 saturated carbocycles. The molecule has 2 aromatic carbocycles. The Bertz CT molecular complexity index is 1410. The van der Waals surface area contributed by atoms with E-state index in [-0.39, 0.29) is 19.8 Å². The van der Waals surface area contributed by atoms with Crippen LogP contribution >= 0.6 is 8.46 Å². The molecule has 0 amide bonds. The SMILES string of the molecule is CCc1ccc2c(c1)nc(N)c1ncc(CCc3ccc(OCCOCCC(F)(F)P=O)cc3C)cc12. The number of nitrogens with zero attached hydrogens (tertiary/aromatic N) is 2. The van der Waals surface area contributed by atoms with Gasteiger partial charge in [-0.05, 0) is 72.7 Å². The highest BCUT2D eigenvalue weighted by Gasteiger charge is 2.28. The number of nitrogen functional groups attached to an aromatic ring is 1. The average molecular weight is 526 g/mol. The molecule has 0 atom stereocenters. The molecule has 2 aromatic heterocycles. The number of rotatable bonds is 12. The number of benzene rings is 2. The maximum atomic E-state index is 12.9. The molecule has 0 bridgehead atoms. The van der Waals surface area contributed by atoms with Crippen molar-refractivity contribution >= 4 is 36.1 Å². The average Bonchev–Trinajstić information content (AvgIpc) is 2.89. The van der Waals surface area contributed by atoms with E-state index in [0.717, 1.165) is 52.2 Å². The summed E-state index contributed by atoms with van der Waals surface area (Å²) in [7, 11) is -1.18. The molecule has 9 heteroatoms. The summed E-state index contributed by atoms with van der Waals surface area (Å²) in [5, 5.41) is 2.07. The van der Waals surface area contributed by atoms with E-state index >= 15 is 0 Å². The standard InChI is InChI=1S/C28H30F2N3O3P/c1-3-19-5-9-23-24-15-20(17-32-26(24)27(31)33-25(23)16-19)4-6-21-7-8-22(14-18(21)2)36-13-12-35-11-10-28(29,30)37-34/h5,7-9,14-17H,3-4,6,10-13H2,1-2H3,(H2,31,33). The number of aromatic nitrogens is 2. The number of fused-ring (bicyclic) bond motifs is 3. The lowest BCUT2D eigenvalue weighted by Crippen LogP contribution is -2.13. The van der Waals surface area contributed by atoms with Crippen LogP contribution in [0.15, 0.2) is 48.7 Å². The highest BCUT2D eigenvalue weighted by molar-refractivity contribution is 7.25. The van der Waals surface area contributed by atoms with E-state index in [1.165, 1.54) is 11.1 Å². The second-order valence-electron chi connectivity index (χ2n) is 9.00. The molecule has 2 heterocycles. The van der Waals surface area contributed by atoms with Crippen LogP contribution in [0, 0.1) is 6.92 Å². The third kappa shape index (κ3) is 6.76. The largest absolute Gasteiger partial charge is 0.491 e. The first-order valence-electron chi connectivity index (χ1n) is 12.3. The molecule has 0 radical (unpaired) electrons. The van der Waals surface area contributed by atoms with Crippen molar-refractivity contribution in [2.24, 2.45) is 0 Å². The highest BCUT2D eigenvalue weighted by Crippen LogP contribution is 2.30. The molecule has 0 unspecified atom stereocenters. The van der Waals surface area contributed by atoms with Crippen molar-refractivity contribution in [3.05, 3.63) is 70.9 Å². The van der Waals surface area contributed by atoms with E-state index < -0.39 is 20.5 Å². The van der Waals surface area contributed by atoms with Crippen LogP contribution in [-0.2, 0) is 28.6 Å². The maximum Gasteiger partial charge on any atom is 0.327 e. The minimum absolute atomic E-state index is 0.175. The molecule has 2 N–H and O–H groups in total. The molecule has 0 aliphatic carbocycles.